The SMILES string of the molecule is CC(C)S(=O)(=O)N1CCN2C(=O)NCC2C1. The van der Waals surface area contributed by atoms with Gasteiger partial charge in [-0.3, -0.25) is 0 Å². The van der Waals surface area contributed by atoms with Crippen molar-refractivity contribution in [2.24, 2.45) is 0 Å². The van der Waals surface area contributed by atoms with E-state index in [4.69, 9.17) is 0 Å². The molecule has 2 fully saturated rings. The summed E-state index contributed by atoms with van der Waals surface area (Å²) in [5.41, 5.74) is 0. The summed E-state index contributed by atoms with van der Waals surface area (Å²) in [6.45, 7) is 5.22. The summed E-state index contributed by atoms with van der Waals surface area (Å²) in [4.78, 5) is 13.1. The van der Waals surface area contributed by atoms with Gasteiger partial charge < -0.3 is 10.2 Å². The predicted octanol–water partition coefficient (Wildman–Crippen LogP) is -0.566. The lowest BCUT2D eigenvalue weighted by Crippen LogP contribution is -2.54. The summed E-state index contributed by atoms with van der Waals surface area (Å²) >= 11 is 0. The highest BCUT2D eigenvalue weighted by molar-refractivity contribution is 7.89. The quantitative estimate of drug-likeness (QED) is 0.710. The van der Waals surface area contributed by atoms with E-state index >= 15 is 0 Å². The van der Waals surface area contributed by atoms with Crippen molar-refractivity contribution in [3.63, 3.8) is 0 Å². The smallest absolute Gasteiger partial charge is 0.317 e. The second kappa shape index (κ2) is 3.89. The van der Waals surface area contributed by atoms with Crippen LogP contribution in [-0.4, -0.2) is 61.1 Å². The van der Waals surface area contributed by atoms with Crippen molar-refractivity contribution in [2.45, 2.75) is 25.1 Å². The van der Waals surface area contributed by atoms with Crippen molar-refractivity contribution in [3.8, 4) is 0 Å². The Bertz CT molecular complexity index is 393. The average Bonchev–Trinajstić information content (AvgIpc) is 2.60. The number of nitrogens with one attached hydrogen (secondary N) is 1. The third kappa shape index (κ3) is 1.78. The number of rotatable bonds is 2. The minimum Gasteiger partial charge on any atom is -0.336 e. The van der Waals surface area contributed by atoms with E-state index in [1.54, 1.807) is 18.7 Å². The second-order valence-electron chi connectivity index (χ2n) is 4.48. The van der Waals surface area contributed by atoms with Crippen LogP contribution in [0.15, 0.2) is 0 Å². The molecule has 0 bridgehead atoms. The number of urea groups is 1. The highest BCUT2D eigenvalue weighted by atomic mass is 32.2. The van der Waals surface area contributed by atoms with E-state index in [-0.39, 0.29) is 12.1 Å². The van der Waals surface area contributed by atoms with E-state index in [1.165, 1.54) is 4.31 Å². The van der Waals surface area contributed by atoms with Crippen molar-refractivity contribution in [1.29, 1.82) is 0 Å². The Balaban J connectivity index is 2.11. The zero-order chi connectivity index (χ0) is 11.9. The van der Waals surface area contributed by atoms with Crippen molar-refractivity contribution < 1.29 is 13.2 Å². The first-order valence-electron chi connectivity index (χ1n) is 5.46. The standard InChI is InChI=1S/C9H17N3O3S/c1-7(2)16(14,15)11-3-4-12-8(6-11)5-10-9(12)13/h7-8H,3-6H2,1-2H3,(H,10,13). The number of hydrogen-bond acceptors (Lipinski definition) is 3. The van der Waals surface area contributed by atoms with Gasteiger partial charge in [0.2, 0.25) is 10.0 Å². The monoisotopic (exact) mass is 247 g/mol. The molecule has 2 saturated heterocycles. The number of carbonyl (C=O) groups excluding carboxylic acids is 1. The third-order valence-electron chi connectivity index (χ3n) is 3.15. The number of piperazine rings is 1. The lowest BCUT2D eigenvalue weighted by Gasteiger charge is -2.36. The Morgan fingerprint density at radius 1 is 1.38 bits per heavy atom. The molecule has 0 aliphatic carbocycles. The van der Waals surface area contributed by atoms with Crippen LogP contribution in [0.1, 0.15) is 13.8 Å². The summed E-state index contributed by atoms with van der Waals surface area (Å²) in [6.07, 6.45) is 0. The number of nitrogens with zero attached hydrogens (tertiary/aromatic N) is 2. The van der Waals surface area contributed by atoms with Gasteiger partial charge in [0.25, 0.3) is 0 Å². The molecule has 2 aliphatic rings. The summed E-state index contributed by atoms with van der Waals surface area (Å²) in [5, 5.41) is 2.33. The molecular formula is C9H17N3O3S. The van der Waals surface area contributed by atoms with Crippen molar-refractivity contribution in [2.75, 3.05) is 26.2 Å². The fourth-order valence-electron chi connectivity index (χ4n) is 2.10. The molecule has 2 rings (SSSR count). The predicted molar refractivity (Wildman–Crippen MR) is 59.5 cm³/mol. The van der Waals surface area contributed by atoms with Crippen LogP contribution in [0.25, 0.3) is 0 Å². The second-order valence-corrected chi connectivity index (χ2v) is 6.97. The number of amides is 2. The van der Waals surface area contributed by atoms with Gasteiger partial charge in [0.1, 0.15) is 0 Å². The van der Waals surface area contributed by atoms with E-state index in [0.717, 1.165) is 0 Å². The maximum atomic E-state index is 12.0. The average molecular weight is 247 g/mol. The van der Waals surface area contributed by atoms with Crippen LogP contribution in [-0.2, 0) is 10.0 Å². The van der Waals surface area contributed by atoms with E-state index < -0.39 is 15.3 Å². The van der Waals surface area contributed by atoms with Crippen LogP contribution in [0.5, 0.6) is 0 Å². The molecule has 0 aromatic carbocycles. The van der Waals surface area contributed by atoms with Crippen LogP contribution in [0.4, 0.5) is 4.79 Å². The minimum absolute atomic E-state index is 0.00484. The number of sulfonamides is 1. The Labute approximate surface area is 95.6 Å². The van der Waals surface area contributed by atoms with Crippen molar-refractivity contribution in [3.05, 3.63) is 0 Å². The molecule has 16 heavy (non-hydrogen) atoms. The van der Waals surface area contributed by atoms with Gasteiger partial charge in [-0.1, -0.05) is 0 Å². The van der Waals surface area contributed by atoms with Gasteiger partial charge in [-0.05, 0) is 13.8 Å². The van der Waals surface area contributed by atoms with Gasteiger partial charge >= 0.3 is 6.03 Å². The molecular weight excluding hydrogens is 230 g/mol. The number of fused-ring (bicyclic) bond motifs is 1. The molecule has 1 N–H and O–H groups in total. The largest absolute Gasteiger partial charge is 0.336 e. The molecule has 92 valence electrons. The zero-order valence-electron chi connectivity index (χ0n) is 9.51. The van der Waals surface area contributed by atoms with Crippen LogP contribution in [0.3, 0.4) is 0 Å². The van der Waals surface area contributed by atoms with Crippen LogP contribution >= 0.6 is 0 Å². The summed E-state index contributed by atoms with van der Waals surface area (Å²) in [6, 6.07) is -0.0821. The number of hydrogen-bond donors (Lipinski definition) is 1. The van der Waals surface area contributed by atoms with E-state index in [9.17, 15) is 13.2 Å². The molecule has 1 atom stereocenters. The molecule has 1 unspecified atom stereocenters. The molecule has 0 aromatic rings. The molecule has 0 radical (unpaired) electrons. The molecule has 2 amide bonds. The van der Waals surface area contributed by atoms with E-state index in [2.05, 4.69) is 5.32 Å². The number of carbonyl (C=O) groups is 1. The van der Waals surface area contributed by atoms with Gasteiger partial charge in [-0.15, -0.1) is 0 Å². The topological polar surface area (TPSA) is 69.7 Å². The van der Waals surface area contributed by atoms with Crippen molar-refractivity contribution >= 4 is 16.1 Å². The lowest BCUT2D eigenvalue weighted by molar-refractivity contribution is 0.164. The third-order valence-corrected chi connectivity index (χ3v) is 5.39. The fraction of sp³-hybridized carbons (Fsp3) is 0.889. The first kappa shape index (κ1) is 11.7. The zero-order valence-corrected chi connectivity index (χ0v) is 10.3. The summed E-state index contributed by atoms with van der Waals surface area (Å²) < 4.78 is 25.4. The maximum Gasteiger partial charge on any atom is 0.317 e. The molecule has 2 aliphatic heterocycles. The normalized spacial score (nSPS) is 27.1. The Morgan fingerprint density at radius 3 is 2.69 bits per heavy atom. The minimum atomic E-state index is -3.19. The molecule has 7 heteroatoms. The van der Waals surface area contributed by atoms with Crippen LogP contribution in [0, 0.1) is 0 Å². The molecule has 0 aromatic heterocycles. The molecule has 2 heterocycles. The Kier molecular flexibility index (Phi) is 2.83. The summed E-state index contributed by atoms with van der Waals surface area (Å²) in [7, 11) is -3.19. The molecule has 0 spiro atoms. The highest BCUT2D eigenvalue weighted by Crippen LogP contribution is 2.18. The maximum absolute atomic E-state index is 12.0. The van der Waals surface area contributed by atoms with Crippen LogP contribution < -0.4 is 5.32 Å². The van der Waals surface area contributed by atoms with Gasteiger partial charge in [0.15, 0.2) is 0 Å². The van der Waals surface area contributed by atoms with E-state index in [1.807, 2.05) is 0 Å². The summed E-state index contributed by atoms with van der Waals surface area (Å²) in [5.74, 6) is 0. The Morgan fingerprint density at radius 2 is 2.06 bits per heavy atom. The lowest BCUT2D eigenvalue weighted by atomic mass is 10.2. The van der Waals surface area contributed by atoms with Crippen molar-refractivity contribution in [1.82, 2.24) is 14.5 Å². The van der Waals surface area contributed by atoms with Gasteiger partial charge in [0, 0.05) is 26.2 Å². The highest BCUT2D eigenvalue weighted by Gasteiger charge is 2.39. The van der Waals surface area contributed by atoms with E-state index in [0.29, 0.717) is 26.2 Å². The molecule has 0 saturated carbocycles. The Hall–Kier alpha value is -0.820. The van der Waals surface area contributed by atoms with Gasteiger partial charge in [-0.25, -0.2) is 13.2 Å². The van der Waals surface area contributed by atoms with Gasteiger partial charge in [0.05, 0.1) is 11.3 Å². The van der Waals surface area contributed by atoms with Crippen LogP contribution in [0.2, 0.25) is 0 Å². The van der Waals surface area contributed by atoms with Gasteiger partial charge in [-0.2, -0.15) is 4.31 Å². The first-order valence-corrected chi connectivity index (χ1v) is 6.96. The first-order chi connectivity index (χ1) is 7.43. The fourth-order valence-corrected chi connectivity index (χ4v) is 3.42. The molecule has 6 nitrogen and oxygen atoms in total.